The molecule has 32 heavy (non-hydrogen) atoms. The number of carbonyl (C=O) groups is 1. The van der Waals surface area contributed by atoms with Crippen molar-refractivity contribution in [2.24, 2.45) is 4.99 Å². The van der Waals surface area contributed by atoms with Crippen molar-refractivity contribution in [3.05, 3.63) is 42.0 Å². The largest absolute Gasteiger partial charge is 0.491 e. The molecule has 0 radical (unpaired) electrons. The van der Waals surface area contributed by atoms with Crippen LogP contribution in [0.15, 0.2) is 35.8 Å². The van der Waals surface area contributed by atoms with Gasteiger partial charge < -0.3 is 24.8 Å². The summed E-state index contributed by atoms with van der Waals surface area (Å²) in [4.78, 5) is 31.1. The van der Waals surface area contributed by atoms with Crippen LogP contribution in [0.4, 0.5) is 5.82 Å². The van der Waals surface area contributed by atoms with Gasteiger partial charge in [-0.15, -0.1) is 0 Å². The van der Waals surface area contributed by atoms with Gasteiger partial charge in [0.25, 0.3) is 5.91 Å². The molecular weight excluding hydrogens is 414 g/mol. The molecule has 0 unspecified atom stereocenters. The van der Waals surface area contributed by atoms with Gasteiger partial charge in [-0.2, -0.15) is 4.99 Å². The predicted molar refractivity (Wildman–Crippen MR) is 117 cm³/mol. The minimum Gasteiger partial charge on any atom is -0.491 e. The molecule has 11 nitrogen and oxygen atoms in total. The average molecular weight is 439 g/mol. The van der Waals surface area contributed by atoms with Crippen molar-refractivity contribution in [2.45, 2.75) is 12.6 Å². The summed E-state index contributed by atoms with van der Waals surface area (Å²) in [5, 5.41) is 14.3. The molecule has 2 aromatic heterocycles. The standard InChI is InChI=1S/C21H25N7O4/c1-27(2)10-14(29)11-32-16-5-4-15-17(18(16)31-3)25-21(28-7-6-24-19(15)28)26-20(30)13-8-22-12-23-9-13/h4-5,8-9,12,14,24,29H,6-7,10-11H2,1-3H3/t14-/m1/s1. The van der Waals surface area contributed by atoms with E-state index in [-0.39, 0.29) is 17.8 Å². The Morgan fingerprint density at radius 1 is 1.34 bits per heavy atom. The van der Waals surface area contributed by atoms with E-state index >= 15 is 0 Å². The van der Waals surface area contributed by atoms with Crippen molar-refractivity contribution in [3.8, 4) is 11.5 Å². The van der Waals surface area contributed by atoms with Crippen LogP contribution in [-0.2, 0) is 6.54 Å². The fourth-order valence-electron chi connectivity index (χ4n) is 3.57. The number of benzene rings is 1. The van der Waals surface area contributed by atoms with Gasteiger partial charge in [0.2, 0.25) is 5.62 Å². The first-order chi connectivity index (χ1) is 15.5. The Kier molecular flexibility index (Phi) is 6.28. The first-order valence-electron chi connectivity index (χ1n) is 10.1. The quantitative estimate of drug-likeness (QED) is 0.534. The average Bonchev–Trinajstić information content (AvgIpc) is 3.28. The normalized spacial score (nSPS) is 14.3. The summed E-state index contributed by atoms with van der Waals surface area (Å²) < 4.78 is 13.3. The molecule has 0 bridgehead atoms. The van der Waals surface area contributed by atoms with Crippen LogP contribution in [-0.4, -0.2) is 82.4 Å². The van der Waals surface area contributed by atoms with Crippen molar-refractivity contribution >= 4 is 22.6 Å². The molecule has 0 saturated carbocycles. The van der Waals surface area contributed by atoms with Crippen molar-refractivity contribution in [1.82, 2.24) is 24.4 Å². The molecule has 1 atom stereocenters. The lowest BCUT2D eigenvalue weighted by Gasteiger charge is -2.18. The summed E-state index contributed by atoms with van der Waals surface area (Å²) in [6.07, 6.45) is 3.51. The highest BCUT2D eigenvalue weighted by molar-refractivity contribution is 5.96. The molecule has 0 aliphatic carbocycles. The Labute approximate surface area is 184 Å². The van der Waals surface area contributed by atoms with Crippen LogP contribution >= 0.6 is 0 Å². The zero-order chi connectivity index (χ0) is 22.7. The van der Waals surface area contributed by atoms with Crippen LogP contribution in [0, 0.1) is 0 Å². The van der Waals surface area contributed by atoms with E-state index in [1.165, 1.54) is 25.8 Å². The van der Waals surface area contributed by atoms with Crippen LogP contribution in [0.3, 0.4) is 0 Å². The van der Waals surface area contributed by atoms with E-state index in [0.717, 1.165) is 11.2 Å². The summed E-state index contributed by atoms with van der Waals surface area (Å²) in [6, 6.07) is 3.66. The van der Waals surface area contributed by atoms with Crippen molar-refractivity contribution < 1.29 is 19.4 Å². The number of nitrogens with one attached hydrogen (secondary N) is 1. The second-order valence-electron chi connectivity index (χ2n) is 7.60. The van der Waals surface area contributed by atoms with Gasteiger partial charge in [-0.1, -0.05) is 0 Å². The van der Waals surface area contributed by atoms with Crippen LogP contribution in [0.5, 0.6) is 11.5 Å². The van der Waals surface area contributed by atoms with Crippen LogP contribution in [0.1, 0.15) is 10.4 Å². The van der Waals surface area contributed by atoms with E-state index in [9.17, 15) is 9.90 Å². The van der Waals surface area contributed by atoms with Crippen molar-refractivity contribution in [1.29, 1.82) is 0 Å². The van der Waals surface area contributed by atoms with E-state index < -0.39 is 12.0 Å². The molecule has 1 aliphatic heterocycles. The minimum absolute atomic E-state index is 0.0989. The van der Waals surface area contributed by atoms with Crippen molar-refractivity contribution in [3.63, 3.8) is 0 Å². The maximum Gasteiger partial charge on any atom is 0.283 e. The summed E-state index contributed by atoms with van der Waals surface area (Å²) in [5.41, 5.74) is 1.02. The van der Waals surface area contributed by atoms with E-state index in [0.29, 0.717) is 36.6 Å². The summed E-state index contributed by atoms with van der Waals surface area (Å²) in [6.45, 7) is 1.87. The molecule has 4 rings (SSSR count). The van der Waals surface area contributed by atoms with E-state index in [2.05, 4.69) is 25.3 Å². The Balaban J connectivity index is 1.78. The van der Waals surface area contributed by atoms with Gasteiger partial charge in [-0.05, 0) is 26.2 Å². The molecule has 1 aliphatic rings. The van der Waals surface area contributed by atoms with Gasteiger partial charge in [-0.3, -0.25) is 9.36 Å². The number of hydrogen-bond donors (Lipinski definition) is 2. The third-order valence-corrected chi connectivity index (χ3v) is 4.92. The first kappa shape index (κ1) is 21.7. The van der Waals surface area contributed by atoms with Gasteiger partial charge in [0.05, 0.1) is 12.7 Å². The van der Waals surface area contributed by atoms with E-state index in [1.54, 1.807) is 6.07 Å². The smallest absolute Gasteiger partial charge is 0.283 e. The lowest BCUT2D eigenvalue weighted by Crippen LogP contribution is -2.30. The number of aliphatic hydroxyl groups excluding tert-OH is 1. The number of rotatable bonds is 7. The number of ether oxygens (including phenoxy) is 2. The maximum absolute atomic E-state index is 12.6. The highest BCUT2D eigenvalue weighted by Gasteiger charge is 2.21. The molecule has 1 aromatic carbocycles. The Morgan fingerprint density at radius 3 is 2.84 bits per heavy atom. The topological polar surface area (TPSA) is 127 Å². The predicted octanol–water partition coefficient (Wildman–Crippen LogP) is 0.303. The fraction of sp³-hybridized carbons (Fsp3) is 0.381. The van der Waals surface area contributed by atoms with Crippen LogP contribution < -0.4 is 20.4 Å². The molecule has 0 fully saturated rings. The summed E-state index contributed by atoms with van der Waals surface area (Å²) in [7, 11) is 5.28. The first-order valence-corrected chi connectivity index (χ1v) is 10.1. The SMILES string of the molecule is COc1c(OC[C@H](O)CN(C)C)ccc2c3n(c(=NC(=O)c4cncnc4)nc12)CCN3. The second kappa shape index (κ2) is 9.28. The third kappa shape index (κ3) is 4.39. The van der Waals surface area contributed by atoms with Gasteiger partial charge in [0.15, 0.2) is 11.5 Å². The van der Waals surface area contributed by atoms with E-state index in [1.807, 2.05) is 29.6 Å². The Hall–Kier alpha value is -3.57. The monoisotopic (exact) mass is 439 g/mol. The fourth-order valence-corrected chi connectivity index (χ4v) is 3.57. The maximum atomic E-state index is 12.6. The molecule has 1 amide bonds. The molecule has 0 spiro atoms. The lowest BCUT2D eigenvalue weighted by atomic mass is 10.2. The number of nitrogens with zero attached hydrogens (tertiary/aromatic N) is 6. The van der Waals surface area contributed by atoms with Crippen LogP contribution in [0.25, 0.3) is 10.9 Å². The number of hydrogen-bond acceptors (Lipinski definition) is 9. The third-order valence-electron chi connectivity index (χ3n) is 4.92. The number of methoxy groups -OCH3 is 1. The molecule has 3 aromatic rings. The number of aromatic nitrogens is 4. The van der Waals surface area contributed by atoms with Crippen LogP contribution in [0.2, 0.25) is 0 Å². The number of fused-ring (bicyclic) bond motifs is 3. The highest BCUT2D eigenvalue weighted by atomic mass is 16.5. The Bertz CT molecular complexity index is 1190. The number of likely N-dealkylation sites (N-methyl/N-ethyl adjacent to an activating group) is 1. The zero-order valence-corrected chi connectivity index (χ0v) is 18.1. The van der Waals surface area contributed by atoms with Gasteiger partial charge >= 0.3 is 0 Å². The molecule has 3 heterocycles. The lowest BCUT2D eigenvalue weighted by molar-refractivity contribution is 0.0819. The number of aliphatic hydroxyl groups is 1. The molecule has 2 N–H and O–H groups in total. The van der Waals surface area contributed by atoms with Gasteiger partial charge in [0.1, 0.15) is 30.4 Å². The molecular formula is C21H25N7O4. The number of anilines is 1. The van der Waals surface area contributed by atoms with Crippen molar-refractivity contribution in [2.75, 3.05) is 46.2 Å². The summed E-state index contributed by atoms with van der Waals surface area (Å²) in [5.74, 6) is 1.16. The van der Waals surface area contributed by atoms with Gasteiger partial charge in [0, 0.05) is 37.4 Å². The number of carbonyl (C=O) groups excluding carboxylic acids is 1. The minimum atomic E-state index is -0.660. The molecule has 11 heteroatoms. The molecule has 0 saturated heterocycles. The second-order valence-corrected chi connectivity index (χ2v) is 7.60. The number of amides is 1. The van der Waals surface area contributed by atoms with Gasteiger partial charge in [-0.25, -0.2) is 15.0 Å². The highest BCUT2D eigenvalue weighted by Crippen LogP contribution is 2.37. The zero-order valence-electron chi connectivity index (χ0n) is 18.1. The molecule has 168 valence electrons. The Morgan fingerprint density at radius 2 is 2.12 bits per heavy atom. The summed E-state index contributed by atoms with van der Waals surface area (Å²) >= 11 is 0. The van der Waals surface area contributed by atoms with E-state index in [4.69, 9.17) is 9.47 Å².